The Morgan fingerprint density at radius 1 is 1.28 bits per heavy atom. The number of aryl methyl sites for hydroxylation is 2. The highest BCUT2D eigenvalue weighted by atomic mass is 127. The van der Waals surface area contributed by atoms with Gasteiger partial charge in [-0.2, -0.15) is 0 Å². The SMILES string of the molecule is CCOC(=O)N1CCN(C(=NC)NCCc2sc(C)nc2C)CC1.I. The molecule has 0 radical (unpaired) electrons. The van der Waals surface area contributed by atoms with Gasteiger partial charge in [0, 0.05) is 51.1 Å². The fourth-order valence-electron chi connectivity index (χ4n) is 2.74. The first-order valence-corrected chi connectivity index (χ1v) is 9.17. The van der Waals surface area contributed by atoms with Crippen LogP contribution in [0.4, 0.5) is 4.79 Å². The topological polar surface area (TPSA) is 70.1 Å². The van der Waals surface area contributed by atoms with E-state index in [1.54, 1.807) is 23.3 Å². The van der Waals surface area contributed by atoms with Crippen LogP contribution in [0.5, 0.6) is 0 Å². The number of carbonyl (C=O) groups is 1. The van der Waals surface area contributed by atoms with Crippen LogP contribution in [0.3, 0.4) is 0 Å². The highest BCUT2D eigenvalue weighted by Gasteiger charge is 2.23. The molecule has 0 bridgehead atoms. The lowest BCUT2D eigenvalue weighted by molar-refractivity contribution is 0.0915. The summed E-state index contributed by atoms with van der Waals surface area (Å²) in [5, 5.41) is 4.53. The van der Waals surface area contributed by atoms with E-state index >= 15 is 0 Å². The predicted molar refractivity (Wildman–Crippen MR) is 112 cm³/mol. The van der Waals surface area contributed by atoms with Gasteiger partial charge in [0.2, 0.25) is 0 Å². The Hall–Kier alpha value is -1.10. The van der Waals surface area contributed by atoms with Crippen molar-refractivity contribution in [3.05, 3.63) is 15.6 Å². The Kier molecular flexibility index (Phi) is 9.47. The lowest BCUT2D eigenvalue weighted by atomic mass is 10.3. The van der Waals surface area contributed by atoms with Gasteiger partial charge in [-0.3, -0.25) is 4.99 Å². The third kappa shape index (κ3) is 6.28. The number of nitrogens with zero attached hydrogens (tertiary/aromatic N) is 4. The Labute approximate surface area is 170 Å². The lowest BCUT2D eigenvalue weighted by Gasteiger charge is -2.35. The molecule has 0 aromatic carbocycles. The molecule has 0 aliphatic carbocycles. The van der Waals surface area contributed by atoms with Crippen LogP contribution >= 0.6 is 35.3 Å². The minimum absolute atomic E-state index is 0. The molecule has 1 amide bonds. The van der Waals surface area contributed by atoms with Crippen molar-refractivity contribution in [2.45, 2.75) is 27.2 Å². The summed E-state index contributed by atoms with van der Waals surface area (Å²) in [4.78, 5) is 25.8. The van der Waals surface area contributed by atoms with Crippen LogP contribution in [0.25, 0.3) is 0 Å². The fourth-order valence-corrected chi connectivity index (χ4v) is 3.68. The number of rotatable bonds is 4. The number of nitrogens with one attached hydrogen (secondary N) is 1. The van der Waals surface area contributed by atoms with E-state index in [-0.39, 0.29) is 30.1 Å². The van der Waals surface area contributed by atoms with Crippen molar-refractivity contribution < 1.29 is 9.53 Å². The maximum Gasteiger partial charge on any atom is 0.409 e. The van der Waals surface area contributed by atoms with Gasteiger partial charge >= 0.3 is 6.09 Å². The van der Waals surface area contributed by atoms with Crippen molar-refractivity contribution >= 4 is 47.4 Å². The van der Waals surface area contributed by atoms with Gasteiger partial charge in [0.1, 0.15) is 0 Å². The van der Waals surface area contributed by atoms with Crippen LogP contribution in [0.1, 0.15) is 22.5 Å². The van der Waals surface area contributed by atoms with Gasteiger partial charge in [-0.15, -0.1) is 35.3 Å². The zero-order chi connectivity index (χ0) is 17.5. The summed E-state index contributed by atoms with van der Waals surface area (Å²) in [6.07, 6.45) is 0.718. The molecule has 1 aromatic heterocycles. The molecular weight excluding hydrogens is 453 g/mol. The van der Waals surface area contributed by atoms with Crippen LogP contribution < -0.4 is 5.32 Å². The van der Waals surface area contributed by atoms with E-state index in [4.69, 9.17) is 4.74 Å². The van der Waals surface area contributed by atoms with Crippen LogP contribution in [-0.2, 0) is 11.2 Å². The zero-order valence-corrected chi connectivity index (χ0v) is 18.5. The quantitative estimate of drug-likeness (QED) is 0.406. The van der Waals surface area contributed by atoms with Crippen molar-refractivity contribution in [1.82, 2.24) is 20.1 Å². The van der Waals surface area contributed by atoms with Crippen LogP contribution in [-0.4, -0.2) is 73.2 Å². The van der Waals surface area contributed by atoms with Gasteiger partial charge in [0.15, 0.2) is 5.96 Å². The lowest BCUT2D eigenvalue weighted by Crippen LogP contribution is -2.54. The number of hydrogen-bond acceptors (Lipinski definition) is 5. The van der Waals surface area contributed by atoms with E-state index in [2.05, 4.69) is 27.1 Å². The number of amides is 1. The molecule has 9 heteroatoms. The van der Waals surface area contributed by atoms with Crippen LogP contribution in [0.15, 0.2) is 4.99 Å². The molecule has 0 saturated carbocycles. The molecule has 1 saturated heterocycles. The number of thiazole rings is 1. The minimum atomic E-state index is -0.226. The maximum atomic E-state index is 11.7. The number of hydrogen-bond donors (Lipinski definition) is 1. The van der Waals surface area contributed by atoms with Gasteiger partial charge in [-0.05, 0) is 20.8 Å². The highest BCUT2D eigenvalue weighted by Crippen LogP contribution is 2.17. The highest BCUT2D eigenvalue weighted by molar-refractivity contribution is 14.0. The molecule has 1 N–H and O–H groups in total. The summed E-state index contributed by atoms with van der Waals surface area (Å²) in [7, 11) is 1.79. The van der Waals surface area contributed by atoms with E-state index in [1.807, 2.05) is 13.8 Å². The first-order chi connectivity index (χ1) is 11.5. The minimum Gasteiger partial charge on any atom is -0.450 e. The maximum absolute atomic E-state index is 11.7. The van der Waals surface area contributed by atoms with Crippen molar-refractivity contribution in [2.24, 2.45) is 4.99 Å². The molecule has 1 fully saturated rings. The smallest absolute Gasteiger partial charge is 0.409 e. The van der Waals surface area contributed by atoms with Crippen LogP contribution in [0, 0.1) is 13.8 Å². The van der Waals surface area contributed by atoms with E-state index in [0.717, 1.165) is 42.7 Å². The van der Waals surface area contributed by atoms with Gasteiger partial charge in [0.25, 0.3) is 0 Å². The van der Waals surface area contributed by atoms with Crippen molar-refractivity contribution in [3.63, 3.8) is 0 Å². The summed E-state index contributed by atoms with van der Waals surface area (Å²) in [5.41, 5.74) is 1.12. The Bertz CT molecular complexity index is 585. The fraction of sp³-hybridized carbons (Fsp3) is 0.688. The Morgan fingerprint density at radius 2 is 1.92 bits per heavy atom. The van der Waals surface area contributed by atoms with Crippen molar-refractivity contribution in [2.75, 3.05) is 46.4 Å². The van der Waals surface area contributed by atoms with Crippen molar-refractivity contribution in [3.8, 4) is 0 Å². The monoisotopic (exact) mass is 481 g/mol. The summed E-state index contributed by atoms with van der Waals surface area (Å²) >= 11 is 1.75. The van der Waals surface area contributed by atoms with E-state index < -0.39 is 0 Å². The number of guanidine groups is 1. The summed E-state index contributed by atoms with van der Waals surface area (Å²) < 4.78 is 5.05. The Balaban J connectivity index is 0.00000312. The third-order valence-electron chi connectivity index (χ3n) is 3.95. The molecule has 0 spiro atoms. The standard InChI is InChI=1S/C16H27N5O2S.HI/c1-5-23-16(22)21-10-8-20(9-11-21)15(17-4)18-7-6-14-12(2)19-13(3)24-14;/h5-11H2,1-4H3,(H,17,18);1H. The predicted octanol–water partition coefficient (Wildman–Crippen LogP) is 2.27. The van der Waals surface area contributed by atoms with Gasteiger partial charge < -0.3 is 19.9 Å². The van der Waals surface area contributed by atoms with Gasteiger partial charge in [-0.1, -0.05) is 0 Å². The molecule has 142 valence electrons. The molecule has 0 unspecified atom stereocenters. The van der Waals surface area contributed by atoms with E-state index in [9.17, 15) is 4.79 Å². The second kappa shape index (κ2) is 10.8. The van der Waals surface area contributed by atoms with E-state index in [0.29, 0.717) is 19.7 Å². The first kappa shape index (κ1) is 21.9. The number of halogens is 1. The molecule has 1 aromatic rings. The molecule has 2 heterocycles. The normalized spacial score (nSPS) is 15.0. The zero-order valence-electron chi connectivity index (χ0n) is 15.4. The van der Waals surface area contributed by atoms with Gasteiger partial charge in [0.05, 0.1) is 17.3 Å². The number of piperazine rings is 1. The van der Waals surface area contributed by atoms with Crippen molar-refractivity contribution in [1.29, 1.82) is 0 Å². The largest absolute Gasteiger partial charge is 0.450 e. The third-order valence-corrected chi connectivity index (χ3v) is 5.08. The number of aromatic nitrogens is 1. The number of ether oxygens (including phenoxy) is 1. The molecule has 1 aliphatic rings. The molecule has 0 atom stereocenters. The van der Waals surface area contributed by atoms with E-state index in [1.165, 1.54) is 4.88 Å². The Morgan fingerprint density at radius 3 is 2.44 bits per heavy atom. The molecular formula is C16H28IN5O2S. The van der Waals surface area contributed by atoms with Crippen LogP contribution in [0.2, 0.25) is 0 Å². The molecule has 2 rings (SSSR count). The molecule has 7 nitrogen and oxygen atoms in total. The number of aliphatic imine (C=N–C) groups is 1. The second-order valence-electron chi connectivity index (χ2n) is 5.64. The average molecular weight is 481 g/mol. The summed E-state index contributed by atoms with van der Waals surface area (Å²) in [5.74, 6) is 0.886. The average Bonchev–Trinajstić information content (AvgIpc) is 2.89. The summed E-state index contributed by atoms with van der Waals surface area (Å²) in [6, 6.07) is 0. The molecule has 1 aliphatic heterocycles. The summed E-state index contributed by atoms with van der Waals surface area (Å²) in [6.45, 7) is 10.0. The second-order valence-corrected chi connectivity index (χ2v) is 6.93. The molecule has 25 heavy (non-hydrogen) atoms. The van der Waals surface area contributed by atoms with Gasteiger partial charge in [-0.25, -0.2) is 9.78 Å². The number of carbonyl (C=O) groups excluding carboxylic acids is 1. The first-order valence-electron chi connectivity index (χ1n) is 8.35.